The van der Waals surface area contributed by atoms with Crippen LogP contribution in [0.15, 0.2) is 12.1 Å². The highest BCUT2D eigenvalue weighted by Crippen LogP contribution is 2.12. The molecule has 2 N–H and O–H groups in total. The molecule has 1 unspecified atom stereocenters. The quantitative estimate of drug-likeness (QED) is 0.759. The van der Waals surface area contributed by atoms with Crippen molar-refractivity contribution in [3.8, 4) is 0 Å². The van der Waals surface area contributed by atoms with Gasteiger partial charge >= 0.3 is 5.97 Å². The van der Waals surface area contributed by atoms with Crippen LogP contribution in [0.5, 0.6) is 0 Å². The molecule has 0 aromatic carbocycles. The third-order valence-corrected chi connectivity index (χ3v) is 3.11. The maximum absolute atomic E-state index is 12.1. The Morgan fingerprint density at radius 1 is 1.40 bits per heavy atom. The molecule has 20 heavy (non-hydrogen) atoms. The summed E-state index contributed by atoms with van der Waals surface area (Å²) in [6.07, 6.45) is 2.69. The second-order valence-electron chi connectivity index (χ2n) is 4.53. The van der Waals surface area contributed by atoms with Gasteiger partial charge in [0.1, 0.15) is 11.2 Å². The van der Waals surface area contributed by atoms with Crippen LogP contribution in [0.3, 0.4) is 0 Å². The number of rotatable bonds is 7. The van der Waals surface area contributed by atoms with Gasteiger partial charge in [-0.15, -0.1) is 0 Å². The van der Waals surface area contributed by atoms with Gasteiger partial charge in [-0.25, -0.2) is 9.78 Å². The summed E-state index contributed by atoms with van der Waals surface area (Å²) >= 11 is 5.85. The molecule has 0 saturated carbocycles. The second-order valence-corrected chi connectivity index (χ2v) is 4.92. The van der Waals surface area contributed by atoms with Crippen LogP contribution in [0.1, 0.15) is 49.2 Å². The van der Waals surface area contributed by atoms with Crippen molar-refractivity contribution in [1.29, 1.82) is 0 Å². The maximum Gasteiger partial charge on any atom is 0.326 e. The lowest BCUT2D eigenvalue weighted by molar-refractivity contribution is -0.139. The predicted molar refractivity (Wildman–Crippen MR) is 77.0 cm³/mol. The number of nitrogens with zero attached hydrogens (tertiary/aromatic N) is 1. The average Bonchev–Trinajstić information content (AvgIpc) is 2.42. The highest BCUT2D eigenvalue weighted by atomic mass is 35.5. The summed E-state index contributed by atoms with van der Waals surface area (Å²) in [5.74, 6) is -1.46. The van der Waals surface area contributed by atoms with E-state index in [1.54, 1.807) is 6.07 Å². The van der Waals surface area contributed by atoms with E-state index < -0.39 is 17.9 Å². The number of amides is 1. The standard InChI is InChI=1S/C14H19ClN2O3/c1-3-5-6-11(14(19)20)17-13(18)9-7-10(4-2)16-12(15)8-9/h7-8,11H,3-6H2,1-2H3,(H,17,18)(H,19,20). The van der Waals surface area contributed by atoms with E-state index in [2.05, 4.69) is 10.3 Å². The van der Waals surface area contributed by atoms with Gasteiger partial charge in [-0.1, -0.05) is 38.3 Å². The Hall–Kier alpha value is -1.62. The number of carbonyl (C=O) groups excluding carboxylic acids is 1. The van der Waals surface area contributed by atoms with Crippen LogP contribution in [0.2, 0.25) is 5.15 Å². The largest absolute Gasteiger partial charge is 0.480 e. The number of nitrogens with one attached hydrogen (secondary N) is 1. The topological polar surface area (TPSA) is 79.3 Å². The molecule has 6 heteroatoms. The van der Waals surface area contributed by atoms with E-state index in [9.17, 15) is 9.59 Å². The molecule has 0 aliphatic heterocycles. The summed E-state index contributed by atoms with van der Waals surface area (Å²) in [4.78, 5) is 27.3. The van der Waals surface area contributed by atoms with Crippen LogP contribution in [0.4, 0.5) is 0 Å². The number of carbonyl (C=O) groups is 2. The van der Waals surface area contributed by atoms with Crippen LogP contribution in [0, 0.1) is 0 Å². The van der Waals surface area contributed by atoms with Gasteiger partial charge in [0.05, 0.1) is 0 Å². The summed E-state index contributed by atoms with van der Waals surface area (Å²) in [7, 11) is 0. The van der Waals surface area contributed by atoms with Crippen molar-refractivity contribution in [2.75, 3.05) is 0 Å². The lowest BCUT2D eigenvalue weighted by atomic mass is 10.1. The predicted octanol–water partition coefficient (Wildman–Crippen LogP) is 2.67. The molecule has 0 fully saturated rings. The minimum Gasteiger partial charge on any atom is -0.480 e. The molecule has 0 saturated heterocycles. The Balaban J connectivity index is 2.83. The molecule has 1 amide bonds. The summed E-state index contributed by atoms with van der Waals surface area (Å²) in [5.41, 5.74) is 1.03. The van der Waals surface area contributed by atoms with Crippen LogP contribution in [-0.4, -0.2) is 28.0 Å². The van der Waals surface area contributed by atoms with Crippen LogP contribution >= 0.6 is 11.6 Å². The summed E-state index contributed by atoms with van der Waals surface area (Å²) in [6.45, 7) is 3.87. The van der Waals surface area contributed by atoms with E-state index in [4.69, 9.17) is 16.7 Å². The van der Waals surface area contributed by atoms with Crippen molar-refractivity contribution in [2.45, 2.75) is 45.6 Å². The summed E-state index contributed by atoms with van der Waals surface area (Å²) < 4.78 is 0. The Kier molecular flexibility index (Phi) is 6.45. The van der Waals surface area contributed by atoms with Gasteiger partial charge in [0, 0.05) is 11.3 Å². The van der Waals surface area contributed by atoms with E-state index in [0.717, 1.165) is 12.8 Å². The van der Waals surface area contributed by atoms with Crippen LogP contribution in [0.25, 0.3) is 0 Å². The molecule has 0 aliphatic carbocycles. The summed E-state index contributed by atoms with van der Waals surface area (Å²) in [5, 5.41) is 11.9. The Labute approximate surface area is 123 Å². The highest BCUT2D eigenvalue weighted by Gasteiger charge is 2.20. The number of aryl methyl sites for hydroxylation is 1. The van der Waals surface area contributed by atoms with Crippen LogP contribution < -0.4 is 5.32 Å². The number of pyridine rings is 1. The molecule has 1 heterocycles. The fraction of sp³-hybridized carbons (Fsp3) is 0.500. The first-order valence-electron chi connectivity index (χ1n) is 6.68. The molecule has 1 atom stereocenters. The number of carboxylic acids is 1. The number of hydrogen-bond acceptors (Lipinski definition) is 3. The molecule has 1 rings (SSSR count). The zero-order valence-electron chi connectivity index (χ0n) is 11.6. The first-order valence-corrected chi connectivity index (χ1v) is 7.05. The number of aliphatic carboxylic acids is 1. The number of unbranched alkanes of at least 4 members (excludes halogenated alkanes) is 1. The van der Waals surface area contributed by atoms with E-state index in [0.29, 0.717) is 24.1 Å². The van der Waals surface area contributed by atoms with Gasteiger partial charge in [0.15, 0.2) is 0 Å². The fourth-order valence-corrected chi connectivity index (χ4v) is 2.00. The van der Waals surface area contributed by atoms with Crippen molar-refractivity contribution >= 4 is 23.5 Å². The fourth-order valence-electron chi connectivity index (χ4n) is 1.77. The molecule has 0 radical (unpaired) electrons. The van der Waals surface area contributed by atoms with Crippen molar-refractivity contribution in [2.24, 2.45) is 0 Å². The average molecular weight is 299 g/mol. The number of halogens is 1. The molecule has 1 aromatic rings. The first-order chi connectivity index (χ1) is 9.47. The Morgan fingerprint density at radius 3 is 2.65 bits per heavy atom. The Bertz CT molecular complexity index is 491. The molecule has 0 bridgehead atoms. The first kappa shape index (κ1) is 16.4. The zero-order chi connectivity index (χ0) is 15.1. The molecule has 1 aromatic heterocycles. The number of carboxylic acid groups (broad SMARTS) is 1. The smallest absolute Gasteiger partial charge is 0.326 e. The SMILES string of the molecule is CCCCC(NC(=O)c1cc(Cl)nc(CC)c1)C(=O)O. The van der Waals surface area contributed by atoms with Crippen molar-refractivity contribution < 1.29 is 14.7 Å². The molecule has 110 valence electrons. The van der Waals surface area contributed by atoms with E-state index in [1.807, 2.05) is 13.8 Å². The highest BCUT2D eigenvalue weighted by molar-refractivity contribution is 6.29. The maximum atomic E-state index is 12.1. The van der Waals surface area contributed by atoms with Gasteiger partial charge in [-0.2, -0.15) is 0 Å². The minimum atomic E-state index is -1.03. The second kappa shape index (κ2) is 7.85. The lowest BCUT2D eigenvalue weighted by Crippen LogP contribution is -2.40. The molecule has 0 spiro atoms. The van der Waals surface area contributed by atoms with Gasteiger partial charge in [-0.3, -0.25) is 4.79 Å². The molecule has 5 nitrogen and oxygen atoms in total. The third kappa shape index (κ3) is 4.81. The lowest BCUT2D eigenvalue weighted by Gasteiger charge is -2.14. The zero-order valence-corrected chi connectivity index (χ0v) is 12.4. The Morgan fingerprint density at radius 2 is 2.10 bits per heavy atom. The molecule has 0 aliphatic rings. The normalized spacial score (nSPS) is 11.9. The van der Waals surface area contributed by atoms with Gasteiger partial charge in [0.25, 0.3) is 5.91 Å². The van der Waals surface area contributed by atoms with Crippen LogP contribution in [-0.2, 0) is 11.2 Å². The number of aromatic nitrogens is 1. The van der Waals surface area contributed by atoms with Crippen molar-refractivity contribution in [1.82, 2.24) is 10.3 Å². The monoisotopic (exact) mass is 298 g/mol. The van der Waals surface area contributed by atoms with Gasteiger partial charge in [0.2, 0.25) is 0 Å². The number of hydrogen-bond donors (Lipinski definition) is 2. The summed E-state index contributed by atoms with van der Waals surface area (Å²) in [6, 6.07) is 2.19. The minimum absolute atomic E-state index is 0.231. The molecular formula is C14H19ClN2O3. The van der Waals surface area contributed by atoms with Gasteiger partial charge < -0.3 is 10.4 Å². The van der Waals surface area contributed by atoms with E-state index in [-0.39, 0.29) is 5.15 Å². The van der Waals surface area contributed by atoms with E-state index in [1.165, 1.54) is 6.07 Å². The van der Waals surface area contributed by atoms with Crippen molar-refractivity contribution in [3.63, 3.8) is 0 Å². The van der Waals surface area contributed by atoms with E-state index >= 15 is 0 Å². The molecular weight excluding hydrogens is 280 g/mol. The third-order valence-electron chi connectivity index (χ3n) is 2.92. The van der Waals surface area contributed by atoms with Gasteiger partial charge in [-0.05, 0) is 25.0 Å². The van der Waals surface area contributed by atoms with Crippen molar-refractivity contribution in [3.05, 3.63) is 28.5 Å².